The summed E-state index contributed by atoms with van der Waals surface area (Å²) in [4.78, 5) is 31.0. The summed E-state index contributed by atoms with van der Waals surface area (Å²) in [6.45, 7) is 0. The molecule has 1 N–H and O–H groups in total. The average Bonchev–Trinajstić information content (AvgIpc) is 2.26. The first-order valence-corrected chi connectivity index (χ1v) is 4.43. The van der Waals surface area contributed by atoms with Crippen LogP contribution >= 0.6 is 0 Å². The SMILES string of the molecule is O=C([O-])/C=C/C(=O)Nc1cccc([N+](=O)[O-])c1. The molecule has 1 amide bonds. The van der Waals surface area contributed by atoms with E-state index in [-0.39, 0.29) is 11.4 Å². The van der Waals surface area contributed by atoms with Crippen LogP contribution in [0.2, 0.25) is 0 Å². The zero-order chi connectivity index (χ0) is 12.8. The van der Waals surface area contributed by atoms with E-state index in [2.05, 4.69) is 5.32 Å². The number of hydrogen-bond donors (Lipinski definition) is 1. The number of carboxylic acids is 1. The van der Waals surface area contributed by atoms with E-state index in [4.69, 9.17) is 0 Å². The molecule has 0 fully saturated rings. The van der Waals surface area contributed by atoms with Gasteiger partial charge in [0, 0.05) is 23.9 Å². The Morgan fingerprint density at radius 3 is 2.59 bits per heavy atom. The second-order valence-electron chi connectivity index (χ2n) is 2.95. The van der Waals surface area contributed by atoms with Crippen molar-refractivity contribution in [2.75, 3.05) is 5.32 Å². The molecule has 0 aliphatic rings. The van der Waals surface area contributed by atoms with Gasteiger partial charge in [-0.25, -0.2) is 0 Å². The van der Waals surface area contributed by atoms with Crippen LogP contribution in [-0.4, -0.2) is 16.8 Å². The predicted octanol–water partition coefficient (Wildman–Crippen LogP) is -0.161. The summed E-state index contributed by atoms with van der Waals surface area (Å²) in [5.74, 6) is -2.21. The van der Waals surface area contributed by atoms with E-state index in [9.17, 15) is 24.8 Å². The van der Waals surface area contributed by atoms with E-state index in [0.717, 1.165) is 12.1 Å². The maximum absolute atomic E-state index is 11.1. The predicted molar refractivity (Wildman–Crippen MR) is 55.9 cm³/mol. The molecule has 0 spiro atoms. The normalized spacial score (nSPS) is 10.1. The first-order chi connectivity index (χ1) is 7.99. The van der Waals surface area contributed by atoms with E-state index < -0.39 is 16.8 Å². The third kappa shape index (κ3) is 4.12. The van der Waals surface area contributed by atoms with Crippen molar-refractivity contribution < 1.29 is 19.6 Å². The van der Waals surface area contributed by atoms with Crippen LogP contribution in [0.1, 0.15) is 0 Å². The van der Waals surface area contributed by atoms with Gasteiger partial charge in [0.25, 0.3) is 5.69 Å². The zero-order valence-corrected chi connectivity index (χ0v) is 8.45. The van der Waals surface area contributed by atoms with Crippen LogP contribution < -0.4 is 10.4 Å². The Kier molecular flexibility index (Phi) is 3.93. The summed E-state index contributed by atoms with van der Waals surface area (Å²) in [6, 6.07) is 5.27. The van der Waals surface area contributed by atoms with Gasteiger partial charge in [-0.2, -0.15) is 0 Å². The van der Waals surface area contributed by atoms with Crippen LogP contribution in [0.5, 0.6) is 0 Å². The lowest BCUT2D eigenvalue weighted by Gasteiger charge is -2.01. The number of anilines is 1. The monoisotopic (exact) mass is 235 g/mol. The summed E-state index contributed by atoms with van der Waals surface area (Å²) >= 11 is 0. The minimum atomic E-state index is -1.50. The second-order valence-corrected chi connectivity index (χ2v) is 2.95. The van der Waals surface area contributed by atoms with E-state index >= 15 is 0 Å². The van der Waals surface area contributed by atoms with Gasteiger partial charge < -0.3 is 15.2 Å². The number of carboxylic acid groups (broad SMARTS) is 1. The fourth-order valence-electron chi connectivity index (χ4n) is 1.02. The number of carbonyl (C=O) groups excluding carboxylic acids is 2. The van der Waals surface area contributed by atoms with Crippen molar-refractivity contribution in [3.8, 4) is 0 Å². The molecule has 1 rings (SSSR count). The number of carbonyl (C=O) groups is 2. The molecular formula is C10H7N2O5-. The smallest absolute Gasteiger partial charge is 0.271 e. The number of amides is 1. The molecule has 0 saturated heterocycles. The Morgan fingerprint density at radius 1 is 1.29 bits per heavy atom. The third-order valence-corrected chi connectivity index (χ3v) is 1.70. The van der Waals surface area contributed by atoms with Crippen molar-refractivity contribution in [1.29, 1.82) is 0 Å². The highest BCUT2D eigenvalue weighted by atomic mass is 16.6. The molecule has 88 valence electrons. The molecule has 0 bridgehead atoms. The summed E-state index contributed by atoms with van der Waals surface area (Å²) in [5.41, 5.74) is 0.0267. The maximum atomic E-state index is 11.1. The van der Waals surface area contributed by atoms with Crippen molar-refractivity contribution in [1.82, 2.24) is 0 Å². The van der Waals surface area contributed by atoms with Crippen molar-refractivity contribution in [3.05, 3.63) is 46.5 Å². The second kappa shape index (κ2) is 5.40. The standard InChI is InChI=1S/C10H8N2O5/c13-9(4-5-10(14)15)11-7-2-1-3-8(6-7)12(16)17/h1-6H,(H,11,13)(H,14,15)/p-1/b5-4+. The Hall–Kier alpha value is -2.70. The summed E-state index contributed by atoms with van der Waals surface area (Å²) in [5, 5.41) is 22.8. The highest BCUT2D eigenvalue weighted by Gasteiger charge is 2.06. The zero-order valence-electron chi connectivity index (χ0n) is 8.45. The fraction of sp³-hybridized carbons (Fsp3) is 0. The van der Waals surface area contributed by atoms with Crippen LogP contribution in [0.4, 0.5) is 11.4 Å². The van der Waals surface area contributed by atoms with E-state index in [0.29, 0.717) is 6.08 Å². The minimum Gasteiger partial charge on any atom is -0.545 e. The Morgan fingerprint density at radius 2 is 2.00 bits per heavy atom. The van der Waals surface area contributed by atoms with Crippen LogP contribution in [0, 0.1) is 10.1 Å². The van der Waals surface area contributed by atoms with Gasteiger partial charge in [0.05, 0.1) is 10.9 Å². The summed E-state index contributed by atoms with van der Waals surface area (Å²) in [7, 11) is 0. The van der Waals surface area contributed by atoms with Crippen LogP contribution in [0.3, 0.4) is 0 Å². The number of nitrogens with zero attached hydrogens (tertiary/aromatic N) is 1. The largest absolute Gasteiger partial charge is 0.545 e. The lowest BCUT2D eigenvalue weighted by Crippen LogP contribution is -2.20. The molecule has 0 aliphatic carbocycles. The Labute approximate surface area is 95.5 Å². The van der Waals surface area contributed by atoms with Gasteiger partial charge in [0.15, 0.2) is 0 Å². The Balaban J connectivity index is 2.75. The number of non-ortho nitro benzene ring substituents is 1. The van der Waals surface area contributed by atoms with Crippen molar-refractivity contribution >= 4 is 23.3 Å². The molecule has 0 unspecified atom stereocenters. The molecule has 17 heavy (non-hydrogen) atoms. The number of hydrogen-bond acceptors (Lipinski definition) is 5. The van der Waals surface area contributed by atoms with Crippen LogP contribution in [-0.2, 0) is 9.59 Å². The molecule has 0 radical (unpaired) electrons. The molecule has 7 nitrogen and oxygen atoms in total. The van der Waals surface area contributed by atoms with Crippen molar-refractivity contribution in [2.24, 2.45) is 0 Å². The number of aliphatic carboxylic acids is 1. The van der Waals surface area contributed by atoms with Crippen molar-refractivity contribution in [3.63, 3.8) is 0 Å². The number of nitrogens with one attached hydrogen (secondary N) is 1. The van der Waals surface area contributed by atoms with Crippen LogP contribution in [0.15, 0.2) is 36.4 Å². The van der Waals surface area contributed by atoms with Gasteiger partial charge in [-0.3, -0.25) is 14.9 Å². The molecule has 7 heteroatoms. The lowest BCUT2D eigenvalue weighted by molar-refractivity contribution is -0.384. The highest BCUT2D eigenvalue weighted by molar-refractivity contribution is 6.02. The molecule has 1 aromatic carbocycles. The maximum Gasteiger partial charge on any atom is 0.271 e. The Bertz CT molecular complexity index is 495. The van der Waals surface area contributed by atoms with Gasteiger partial charge >= 0.3 is 0 Å². The molecule has 0 aliphatic heterocycles. The highest BCUT2D eigenvalue weighted by Crippen LogP contribution is 2.16. The van der Waals surface area contributed by atoms with Gasteiger partial charge in [0.1, 0.15) is 0 Å². The van der Waals surface area contributed by atoms with E-state index in [1.807, 2.05) is 0 Å². The third-order valence-electron chi connectivity index (χ3n) is 1.70. The van der Waals surface area contributed by atoms with E-state index in [1.165, 1.54) is 18.2 Å². The number of nitro groups is 1. The molecular weight excluding hydrogens is 228 g/mol. The van der Waals surface area contributed by atoms with Gasteiger partial charge in [-0.05, 0) is 12.1 Å². The average molecular weight is 235 g/mol. The molecule has 0 heterocycles. The van der Waals surface area contributed by atoms with Gasteiger partial charge in [-0.1, -0.05) is 6.07 Å². The lowest BCUT2D eigenvalue weighted by atomic mass is 10.3. The topological polar surface area (TPSA) is 112 Å². The molecule has 0 atom stereocenters. The number of nitro benzene ring substituents is 1. The first kappa shape index (κ1) is 12.4. The van der Waals surface area contributed by atoms with Gasteiger partial charge in [-0.15, -0.1) is 0 Å². The fourth-order valence-corrected chi connectivity index (χ4v) is 1.02. The molecule has 0 aromatic heterocycles. The molecule has 0 saturated carbocycles. The first-order valence-electron chi connectivity index (χ1n) is 4.43. The summed E-state index contributed by atoms with van der Waals surface area (Å²) in [6.07, 6.45) is 1.32. The quantitative estimate of drug-likeness (QED) is 0.442. The summed E-state index contributed by atoms with van der Waals surface area (Å²) < 4.78 is 0. The van der Waals surface area contributed by atoms with Gasteiger partial charge in [0.2, 0.25) is 5.91 Å². The van der Waals surface area contributed by atoms with Crippen LogP contribution in [0.25, 0.3) is 0 Å². The molecule has 1 aromatic rings. The number of rotatable bonds is 4. The minimum absolute atomic E-state index is 0.174. The van der Waals surface area contributed by atoms with E-state index in [1.54, 1.807) is 0 Å². The number of benzene rings is 1. The van der Waals surface area contributed by atoms with Crippen molar-refractivity contribution in [2.45, 2.75) is 0 Å².